The minimum Gasteiger partial charge on any atom is -0.372 e. The fourth-order valence-corrected chi connectivity index (χ4v) is 7.39. The maximum atomic E-state index is 5.64. The molecule has 6 nitrogen and oxygen atoms in total. The summed E-state index contributed by atoms with van der Waals surface area (Å²) >= 11 is 0. The van der Waals surface area contributed by atoms with Crippen LogP contribution in [0.1, 0.15) is 41.5 Å². The van der Waals surface area contributed by atoms with Gasteiger partial charge in [0.25, 0.3) is 0 Å². The van der Waals surface area contributed by atoms with Gasteiger partial charge < -0.3 is 18.9 Å². The normalized spacial score (nSPS) is 43.2. The monoisotopic (exact) mass is 478 g/mol. The van der Waals surface area contributed by atoms with Gasteiger partial charge in [0.2, 0.25) is 0 Å². The number of hydrogen-bond acceptors (Lipinski definition) is 6. The zero-order valence-corrected chi connectivity index (χ0v) is 22.5. The Bertz CT molecular complexity index is 575. The number of nitrogens with zero attached hydrogens (tertiary/aromatic N) is 2. The Morgan fingerprint density at radius 2 is 0.794 bits per heavy atom. The molecule has 4 aliphatic heterocycles. The Morgan fingerprint density at radius 3 is 1.00 bits per heavy atom. The van der Waals surface area contributed by atoms with E-state index < -0.39 is 0 Å². The van der Waals surface area contributed by atoms with Crippen molar-refractivity contribution in [1.82, 2.24) is 9.80 Å². The molecule has 196 valence electrons. The van der Waals surface area contributed by atoms with E-state index in [1.54, 1.807) is 0 Å². The van der Waals surface area contributed by atoms with Gasteiger partial charge in [0.15, 0.2) is 0 Å². The van der Waals surface area contributed by atoms with Crippen molar-refractivity contribution >= 4 is 0 Å². The van der Waals surface area contributed by atoms with E-state index in [9.17, 15) is 0 Å². The zero-order chi connectivity index (χ0) is 24.0. The molecule has 0 aromatic heterocycles. The van der Waals surface area contributed by atoms with Crippen LogP contribution in [0.15, 0.2) is 0 Å². The van der Waals surface area contributed by atoms with Crippen molar-refractivity contribution in [2.75, 3.05) is 65.7 Å². The summed E-state index contributed by atoms with van der Waals surface area (Å²) in [7, 11) is 0. The van der Waals surface area contributed by atoms with E-state index in [-0.39, 0.29) is 0 Å². The third-order valence-corrected chi connectivity index (χ3v) is 9.55. The van der Waals surface area contributed by atoms with Gasteiger partial charge in [0.05, 0.1) is 50.8 Å². The maximum Gasteiger partial charge on any atom is 0.0936 e. The predicted molar refractivity (Wildman–Crippen MR) is 134 cm³/mol. The highest BCUT2D eigenvalue weighted by Gasteiger charge is 2.50. The van der Waals surface area contributed by atoms with Crippen LogP contribution in [0.3, 0.4) is 0 Å². The molecule has 0 bridgehead atoms. The molecule has 0 amide bonds. The molecule has 0 spiro atoms. The van der Waals surface area contributed by atoms with Gasteiger partial charge in [-0.1, -0.05) is 41.5 Å². The van der Waals surface area contributed by atoms with Crippen LogP contribution in [0.5, 0.6) is 0 Å². The SMILES string of the molecule is CC(C)C1C(CN(CC2CO2)CC2CO2)C(C)C(C)C(CN(CC2CO2)CC2CO2)C1C(C)C. The summed E-state index contributed by atoms with van der Waals surface area (Å²) in [5, 5.41) is 0. The van der Waals surface area contributed by atoms with Gasteiger partial charge in [0, 0.05) is 39.3 Å². The molecule has 4 heterocycles. The molecule has 5 rings (SSSR count). The number of epoxide rings is 4. The van der Waals surface area contributed by atoms with Crippen LogP contribution >= 0.6 is 0 Å². The molecule has 5 aliphatic rings. The first-order valence-corrected chi connectivity index (χ1v) is 14.2. The van der Waals surface area contributed by atoms with Crippen LogP contribution in [-0.2, 0) is 18.9 Å². The van der Waals surface area contributed by atoms with Crippen molar-refractivity contribution in [3.63, 3.8) is 0 Å². The minimum absolute atomic E-state index is 0.448. The molecule has 5 fully saturated rings. The summed E-state index contributed by atoms with van der Waals surface area (Å²) in [4.78, 5) is 5.38. The van der Waals surface area contributed by atoms with Crippen LogP contribution in [0.4, 0.5) is 0 Å². The van der Waals surface area contributed by atoms with Crippen molar-refractivity contribution in [3.8, 4) is 0 Å². The van der Waals surface area contributed by atoms with Gasteiger partial charge >= 0.3 is 0 Å². The van der Waals surface area contributed by atoms with Crippen molar-refractivity contribution in [1.29, 1.82) is 0 Å². The van der Waals surface area contributed by atoms with Crippen LogP contribution in [0.2, 0.25) is 0 Å². The smallest absolute Gasteiger partial charge is 0.0936 e. The summed E-state index contributed by atoms with van der Waals surface area (Å²) in [6.07, 6.45) is 1.79. The molecule has 0 aromatic carbocycles. The Balaban J connectivity index is 1.34. The first kappa shape index (κ1) is 25.4. The summed E-state index contributed by atoms with van der Waals surface area (Å²) in [6, 6.07) is 0. The van der Waals surface area contributed by atoms with E-state index in [0.717, 1.165) is 76.3 Å². The van der Waals surface area contributed by atoms with E-state index in [4.69, 9.17) is 18.9 Å². The summed E-state index contributed by atoms with van der Waals surface area (Å²) < 4.78 is 22.6. The Kier molecular flexibility index (Phi) is 7.94. The molecule has 0 radical (unpaired) electrons. The molecular formula is C28H50N2O4. The second-order valence-corrected chi connectivity index (χ2v) is 12.9. The molecular weight excluding hydrogens is 428 g/mol. The van der Waals surface area contributed by atoms with Gasteiger partial charge in [-0.25, -0.2) is 0 Å². The molecule has 6 heteroatoms. The maximum absolute atomic E-state index is 5.64. The summed E-state index contributed by atoms with van der Waals surface area (Å²) in [5.74, 6) is 5.75. The van der Waals surface area contributed by atoms with Gasteiger partial charge in [0.1, 0.15) is 0 Å². The van der Waals surface area contributed by atoms with Crippen molar-refractivity contribution in [2.24, 2.45) is 47.3 Å². The highest BCUT2D eigenvalue weighted by Crippen LogP contribution is 2.52. The minimum atomic E-state index is 0.448. The molecule has 1 aliphatic carbocycles. The molecule has 4 saturated heterocycles. The lowest BCUT2D eigenvalue weighted by Crippen LogP contribution is -2.55. The van der Waals surface area contributed by atoms with Crippen molar-refractivity contribution < 1.29 is 18.9 Å². The Labute approximate surface area is 208 Å². The first-order valence-electron chi connectivity index (χ1n) is 14.2. The van der Waals surface area contributed by atoms with E-state index in [1.807, 2.05) is 0 Å². The lowest BCUT2D eigenvalue weighted by molar-refractivity contribution is -0.0718. The Morgan fingerprint density at radius 1 is 0.529 bits per heavy atom. The van der Waals surface area contributed by atoms with Crippen molar-refractivity contribution in [3.05, 3.63) is 0 Å². The molecule has 1 saturated carbocycles. The molecule has 10 atom stereocenters. The largest absolute Gasteiger partial charge is 0.372 e. The van der Waals surface area contributed by atoms with Gasteiger partial charge in [-0.15, -0.1) is 0 Å². The fraction of sp³-hybridized carbons (Fsp3) is 1.00. The average molecular weight is 479 g/mol. The standard InChI is InChI=1S/C28H50N2O4/c1-17(2)27-25(11-29(7-21-13-31-21)8-22-14-32-22)19(5)20(6)26(28(27)18(3)4)12-30(9-23-15-33-23)10-24-16-34-24/h17-28H,7-16H2,1-6H3. The van der Waals surface area contributed by atoms with Gasteiger partial charge in [-0.05, 0) is 47.3 Å². The molecule has 0 N–H and O–H groups in total. The van der Waals surface area contributed by atoms with Crippen LogP contribution < -0.4 is 0 Å². The lowest BCUT2D eigenvalue weighted by Gasteiger charge is -2.55. The molecule has 0 aromatic rings. The summed E-state index contributed by atoms with van der Waals surface area (Å²) in [6.45, 7) is 25.5. The lowest BCUT2D eigenvalue weighted by atomic mass is 9.52. The van der Waals surface area contributed by atoms with Crippen LogP contribution in [0, 0.1) is 47.3 Å². The topological polar surface area (TPSA) is 56.6 Å². The highest BCUT2D eigenvalue weighted by molar-refractivity contribution is 4.99. The Hall–Kier alpha value is -0.240. The number of hydrogen-bond donors (Lipinski definition) is 0. The van der Waals surface area contributed by atoms with Crippen molar-refractivity contribution in [2.45, 2.75) is 66.0 Å². The number of rotatable bonds is 14. The predicted octanol–water partition coefficient (Wildman–Crippen LogP) is 3.25. The van der Waals surface area contributed by atoms with E-state index in [2.05, 4.69) is 51.3 Å². The second kappa shape index (κ2) is 10.6. The summed E-state index contributed by atoms with van der Waals surface area (Å²) in [5.41, 5.74) is 0. The third kappa shape index (κ3) is 6.54. The van der Waals surface area contributed by atoms with Gasteiger partial charge in [-0.3, -0.25) is 9.80 Å². The van der Waals surface area contributed by atoms with E-state index in [0.29, 0.717) is 48.1 Å². The fourth-order valence-electron chi connectivity index (χ4n) is 7.39. The molecule has 34 heavy (non-hydrogen) atoms. The quantitative estimate of drug-likeness (QED) is 0.357. The number of ether oxygens (including phenoxy) is 4. The zero-order valence-electron chi connectivity index (χ0n) is 22.5. The second-order valence-electron chi connectivity index (χ2n) is 12.9. The first-order chi connectivity index (χ1) is 16.3. The van der Waals surface area contributed by atoms with E-state index >= 15 is 0 Å². The van der Waals surface area contributed by atoms with Gasteiger partial charge in [-0.2, -0.15) is 0 Å². The van der Waals surface area contributed by atoms with Crippen LogP contribution in [-0.4, -0.2) is 99.9 Å². The van der Waals surface area contributed by atoms with E-state index in [1.165, 1.54) is 13.1 Å². The molecule has 10 unspecified atom stereocenters. The van der Waals surface area contributed by atoms with Crippen LogP contribution in [0.25, 0.3) is 0 Å². The highest BCUT2D eigenvalue weighted by atomic mass is 16.6. The third-order valence-electron chi connectivity index (χ3n) is 9.55. The average Bonchev–Trinajstić information content (AvgIpc) is 3.59.